The highest BCUT2D eigenvalue weighted by atomic mass is 16.3. The van der Waals surface area contributed by atoms with Gasteiger partial charge in [0.1, 0.15) is 17.6 Å². The molecule has 3 rings (SSSR count). The van der Waals surface area contributed by atoms with Crippen LogP contribution in [0.1, 0.15) is 60.7 Å². The minimum atomic E-state index is -0.621. The minimum Gasteiger partial charge on any atom is -0.466 e. The van der Waals surface area contributed by atoms with Gasteiger partial charge in [-0.25, -0.2) is 0 Å². The Bertz CT molecular complexity index is 808. The summed E-state index contributed by atoms with van der Waals surface area (Å²) in [6.45, 7) is 7.97. The lowest BCUT2D eigenvalue weighted by molar-refractivity contribution is -0.123. The Morgan fingerprint density at radius 2 is 1.92 bits per heavy atom. The first kappa shape index (κ1) is 18.2. The molecular formula is C21H26N2O3. The van der Waals surface area contributed by atoms with Crippen LogP contribution in [-0.4, -0.2) is 17.9 Å². The molecular weight excluding hydrogens is 328 g/mol. The molecule has 2 amide bonds. The van der Waals surface area contributed by atoms with E-state index in [4.69, 9.17) is 4.42 Å². The molecule has 0 saturated carbocycles. The molecule has 1 heterocycles. The lowest BCUT2D eigenvalue weighted by Gasteiger charge is -2.35. The Labute approximate surface area is 154 Å². The summed E-state index contributed by atoms with van der Waals surface area (Å²) in [5.41, 5.74) is 1.64. The Balaban J connectivity index is 1.68. The zero-order valence-corrected chi connectivity index (χ0v) is 15.8. The van der Waals surface area contributed by atoms with Gasteiger partial charge in [0.25, 0.3) is 5.91 Å². The molecule has 26 heavy (non-hydrogen) atoms. The summed E-state index contributed by atoms with van der Waals surface area (Å²) < 4.78 is 5.82. The van der Waals surface area contributed by atoms with Gasteiger partial charge in [-0.3, -0.25) is 9.59 Å². The molecule has 2 unspecified atom stereocenters. The second kappa shape index (κ2) is 6.98. The highest BCUT2D eigenvalue weighted by Crippen LogP contribution is 2.42. The predicted octanol–water partition coefficient (Wildman–Crippen LogP) is 3.54. The van der Waals surface area contributed by atoms with E-state index in [0.717, 1.165) is 29.9 Å². The van der Waals surface area contributed by atoms with Gasteiger partial charge < -0.3 is 15.1 Å². The van der Waals surface area contributed by atoms with Crippen molar-refractivity contribution >= 4 is 11.8 Å². The van der Waals surface area contributed by atoms with E-state index in [0.29, 0.717) is 5.56 Å². The van der Waals surface area contributed by atoms with E-state index in [1.165, 1.54) is 0 Å². The van der Waals surface area contributed by atoms with Gasteiger partial charge in [0, 0.05) is 17.5 Å². The van der Waals surface area contributed by atoms with Crippen molar-refractivity contribution in [3.05, 3.63) is 59.0 Å². The molecule has 2 atom stereocenters. The van der Waals surface area contributed by atoms with Crippen molar-refractivity contribution in [2.45, 2.75) is 52.6 Å². The van der Waals surface area contributed by atoms with Crippen LogP contribution in [0.3, 0.4) is 0 Å². The Hall–Kier alpha value is -2.56. The molecule has 1 aliphatic carbocycles. The zero-order chi connectivity index (χ0) is 18.9. The molecule has 138 valence electrons. The highest BCUT2D eigenvalue weighted by Gasteiger charge is 2.36. The Kier molecular flexibility index (Phi) is 4.90. The first-order valence-electron chi connectivity index (χ1n) is 9.01. The molecule has 2 N–H and O–H groups in total. The van der Waals surface area contributed by atoms with Crippen molar-refractivity contribution < 1.29 is 14.0 Å². The number of hydrogen-bond acceptors (Lipinski definition) is 3. The molecule has 0 radical (unpaired) electrons. The smallest absolute Gasteiger partial charge is 0.251 e. The van der Waals surface area contributed by atoms with Gasteiger partial charge in [-0.1, -0.05) is 32.0 Å². The maximum absolute atomic E-state index is 12.6. The van der Waals surface area contributed by atoms with Crippen LogP contribution in [-0.2, 0) is 11.2 Å². The van der Waals surface area contributed by atoms with E-state index in [1.54, 1.807) is 31.2 Å². The van der Waals surface area contributed by atoms with Gasteiger partial charge in [0.2, 0.25) is 5.91 Å². The Morgan fingerprint density at radius 3 is 2.62 bits per heavy atom. The number of aryl methyl sites for hydroxylation is 1. The summed E-state index contributed by atoms with van der Waals surface area (Å²) in [5.74, 6) is 1.36. The molecule has 0 saturated heterocycles. The normalized spacial score (nSPS) is 19.3. The van der Waals surface area contributed by atoms with Crippen LogP contribution >= 0.6 is 0 Å². The van der Waals surface area contributed by atoms with Crippen LogP contribution in [0.15, 0.2) is 40.8 Å². The molecule has 5 heteroatoms. The summed E-state index contributed by atoms with van der Waals surface area (Å²) in [6.07, 6.45) is 1.70. The van der Waals surface area contributed by atoms with Gasteiger partial charge in [-0.2, -0.15) is 0 Å². The topological polar surface area (TPSA) is 71.3 Å². The highest BCUT2D eigenvalue weighted by molar-refractivity contribution is 5.97. The third kappa shape index (κ3) is 3.98. The summed E-state index contributed by atoms with van der Waals surface area (Å²) in [7, 11) is 0. The number of fused-ring (bicyclic) bond motifs is 1. The molecule has 1 aromatic carbocycles. The molecule has 0 aliphatic heterocycles. The number of hydrogen-bond donors (Lipinski definition) is 2. The van der Waals surface area contributed by atoms with Crippen LogP contribution in [0.25, 0.3) is 0 Å². The number of amides is 2. The van der Waals surface area contributed by atoms with Crippen LogP contribution in [0.5, 0.6) is 0 Å². The monoisotopic (exact) mass is 354 g/mol. The fourth-order valence-corrected chi connectivity index (χ4v) is 3.55. The van der Waals surface area contributed by atoms with Crippen molar-refractivity contribution in [3.8, 4) is 0 Å². The number of furan rings is 1. The van der Waals surface area contributed by atoms with Crippen LogP contribution < -0.4 is 10.6 Å². The quantitative estimate of drug-likeness (QED) is 0.882. The molecule has 1 aliphatic rings. The Morgan fingerprint density at radius 1 is 1.23 bits per heavy atom. The second-order valence-electron chi connectivity index (χ2n) is 7.90. The predicted molar refractivity (Wildman–Crippen MR) is 99.8 cm³/mol. The summed E-state index contributed by atoms with van der Waals surface area (Å²) in [5, 5.41) is 5.85. The largest absolute Gasteiger partial charge is 0.466 e. The SMILES string of the molecule is Cc1cc2c(o1)CC(C)(C)CC2NC(=O)C(C)NC(=O)c1ccccc1. The van der Waals surface area contributed by atoms with Crippen molar-refractivity contribution in [1.82, 2.24) is 10.6 Å². The molecule has 0 bridgehead atoms. The fourth-order valence-electron chi connectivity index (χ4n) is 3.55. The lowest BCUT2D eigenvalue weighted by atomic mass is 9.74. The summed E-state index contributed by atoms with van der Waals surface area (Å²) in [6, 6.07) is 10.2. The van der Waals surface area contributed by atoms with Gasteiger partial charge >= 0.3 is 0 Å². The molecule has 0 fully saturated rings. The van der Waals surface area contributed by atoms with E-state index in [1.807, 2.05) is 19.1 Å². The van der Waals surface area contributed by atoms with Crippen molar-refractivity contribution in [2.75, 3.05) is 0 Å². The van der Waals surface area contributed by atoms with E-state index in [-0.39, 0.29) is 23.3 Å². The van der Waals surface area contributed by atoms with Crippen molar-refractivity contribution in [2.24, 2.45) is 5.41 Å². The third-order valence-corrected chi connectivity index (χ3v) is 4.83. The van der Waals surface area contributed by atoms with E-state index in [2.05, 4.69) is 24.5 Å². The maximum atomic E-state index is 12.6. The van der Waals surface area contributed by atoms with E-state index in [9.17, 15) is 9.59 Å². The van der Waals surface area contributed by atoms with Gasteiger partial charge in [0.05, 0.1) is 6.04 Å². The molecule has 5 nitrogen and oxygen atoms in total. The zero-order valence-electron chi connectivity index (χ0n) is 15.8. The average Bonchev–Trinajstić information content (AvgIpc) is 2.94. The number of carbonyl (C=O) groups excluding carboxylic acids is 2. The number of nitrogens with one attached hydrogen (secondary N) is 2. The number of carbonyl (C=O) groups is 2. The second-order valence-corrected chi connectivity index (χ2v) is 7.90. The van der Waals surface area contributed by atoms with Gasteiger partial charge in [0.15, 0.2) is 0 Å². The standard InChI is InChI=1S/C21H26N2O3/c1-13-10-16-17(11-21(3,4)12-18(16)26-13)23-19(24)14(2)22-20(25)15-8-6-5-7-9-15/h5-10,14,17H,11-12H2,1-4H3,(H,22,25)(H,23,24). The van der Waals surface area contributed by atoms with Crippen molar-refractivity contribution in [3.63, 3.8) is 0 Å². The number of benzene rings is 1. The van der Waals surface area contributed by atoms with Crippen LogP contribution in [0.2, 0.25) is 0 Å². The number of rotatable bonds is 4. The molecule has 2 aromatic rings. The van der Waals surface area contributed by atoms with Gasteiger partial charge in [-0.15, -0.1) is 0 Å². The molecule has 1 aromatic heterocycles. The first-order valence-corrected chi connectivity index (χ1v) is 9.01. The van der Waals surface area contributed by atoms with Crippen molar-refractivity contribution in [1.29, 1.82) is 0 Å². The fraction of sp³-hybridized carbons (Fsp3) is 0.429. The maximum Gasteiger partial charge on any atom is 0.251 e. The minimum absolute atomic E-state index is 0.0474. The van der Waals surface area contributed by atoms with E-state index >= 15 is 0 Å². The first-order chi connectivity index (χ1) is 12.2. The lowest BCUT2D eigenvalue weighted by Crippen LogP contribution is -2.47. The third-order valence-electron chi connectivity index (χ3n) is 4.83. The molecule has 0 spiro atoms. The van der Waals surface area contributed by atoms with Gasteiger partial charge in [-0.05, 0) is 43.9 Å². The summed E-state index contributed by atoms with van der Waals surface area (Å²) in [4.78, 5) is 24.9. The van der Waals surface area contributed by atoms with Crippen LogP contribution in [0.4, 0.5) is 0 Å². The van der Waals surface area contributed by atoms with Crippen LogP contribution in [0, 0.1) is 12.3 Å². The summed E-state index contributed by atoms with van der Waals surface area (Å²) >= 11 is 0. The average molecular weight is 354 g/mol. The van der Waals surface area contributed by atoms with E-state index < -0.39 is 6.04 Å².